The Kier molecular flexibility index (Phi) is 8.41. The number of nitrogens with zero attached hydrogens (tertiary/aromatic N) is 4. The fourth-order valence-corrected chi connectivity index (χ4v) is 7.56. The summed E-state index contributed by atoms with van der Waals surface area (Å²) in [6, 6.07) is 61.3. The number of fused-ring (bicyclic) bond motifs is 3. The van der Waals surface area contributed by atoms with E-state index in [9.17, 15) is 0 Å². The largest absolute Gasteiger partial charge is 0.308 e. The summed E-state index contributed by atoms with van der Waals surface area (Å²) in [4.78, 5) is 14.4. The monoisotopic (exact) mass is 706 g/mol. The van der Waals surface area contributed by atoms with Crippen LogP contribution in [0.15, 0.2) is 176 Å². The molecule has 2 aromatic heterocycles. The van der Waals surface area contributed by atoms with Crippen LogP contribution in [-0.2, 0) is 5.41 Å². The Balaban J connectivity index is 1.41. The molecule has 0 amide bonds. The van der Waals surface area contributed by atoms with Gasteiger partial charge >= 0.3 is 0 Å². The molecule has 0 saturated carbocycles. The van der Waals surface area contributed by atoms with E-state index in [4.69, 9.17) is 16.5 Å². The molecule has 0 aliphatic heterocycles. The van der Waals surface area contributed by atoms with Gasteiger partial charge < -0.3 is 4.57 Å². The number of benzene rings is 7. The van der Waals surface area contributed by atoms with Crippen LogP contribution in [0.2, 0.25) is 0 Å². The maximum Gasteiger partial charge on any atom is 0.188 e. The van der Waals surface area contributed by atoms with Crippen molar-refractivity contribution in [3.05, 3.63) is 193 Å². The van der Waals surface area contributed by atoms with Crippen LogP contribution in [0.3, 0.4) is 0 Å². The lowest BCUT2D eigenvalue weighted by Crippen LogP contribution is -2.10. The molecule has 4 nitrogen and oxygen atoms in total. The first kappa shape index (κ1) is 33.7. The molecule has 2 heterocycles. The molecule has 55 heavy (non-hydrogen) atoms. The molecule has 7 aromatic carbocycles. The maximum absolute atomic E-state index is 7.88. The number of rotatable bonds is 6. The summed E-state index contributed by atoms with van der Waals surface area (Å²) in [7, 11) is 0. The number of hydrogen-bond acceptors (Lipinski definition) is 2. The van der Waals surface area contributed by atoms with Crippen LogP contribution < -0.4 is 0 Å². The van der Waals surface area contributed by atoms with Gasteiger partial charge in [-0.15, -0.1) is 0 Å². The third-order valence-electron chi connectivity index (χ3n) is 10.4. The van der Waals surface area contributed by atoms with Crippen molar-refractivity contribution in [1.29, 1.82) is 0 Å². The highest BCUT2D eigenvalue weighted by Crippen LogP contribution is 2.45. The zero-order chi connectivity index (χ0) is 37.5. The first-order chi connectivity index (χ1) is 26.9. The van der Waals surface area contributed by atoms with Crippen molar-refractivity contribution >= 4 is 27.5 Å². The van der Waals surface area contributed by atoms with Gasteiger partial charge in [-0.1, -0.05) is 154 Å². The Bertz CT molecular complexity index is 2760. The SMILES string of the molecule is [C-]#[N+]c1ccc2c(c1)c1cc(C(C)(C)C)ccc1n2-c1c(-c2ccccc2)cc(-c2nc(-c3ccccc3)cc(-c3ccccc3)n2)cc1-c1ccccc1. The van der Waals surface area contributed by atoms with Crippen LogP contribution in [0.1, 0.15) is 26.3 Å². The van der Waals surface area contributed by atoms with E-state index in [-0.39, 0.29) is 5.41 Å². The van der Waals surface area contributed by atoms with Gasteiger partial charge in [0, 0.05) is 33.2 Å². The molecule has 4 heteroatoms. The van der Waals surface area contributed by atoms with Crippen molar-refractivity contribution in [2.24, 2.45) is 0 Å². The van der Waals surface area contributed by atoms with Crippen molar-refractivity contribution in [1.82, 2.24) is 14.5 Å². The Hall–Kier alpha value is -7.09. The molecule has 0 saturated heterocycles. The van der Waals surface area contributed by atoms with Crippen molar-refractivity contribution in [2.75, 3.05) is 0 Å². The van der Waals surface area contributed by atoms with Crippen molar-refractivity contribution in [2.45, 2.75) is 26.2 Å². The minimum atomic E-state index is -0.0427. The Morgan fingerprint density at radius 2 is 0.927 bits per heavy atom. The van der Waals surface area contributed by atoms with Crippen molar-refractivity contribution < 1.29 is 0 Å². The third-order valence-corrected chi connectivity index (χ3v) is 10.4. The van der Waals surface area contributed by atoms with Gasteiger partial charge in [0.2, 0.25) is 0 Å². The molecule has 0 fully saturated rings. The zero-order valence-corrected chi connectivity index (χ0v) is 31.0. The minimum absolute atomic E-state index is 0.0427. The predicted octanol–water partition coefficient (Wildman–Crippen LogP) is 13.8. The summed E-state index contributed by atoms with van der Waals surface area (Å²) in [6.07, 6.45) is 0. The first-order valence-corrected chi connectivity index (χ1v) is 18.6. The van der Waals surface area contributed by atoms with E-state index in [1.165, 1.54) is 5.56 Å². The standard InChI is InChI=1S/C51H38N4/c1-51(2,3)39-25-27-47-43(31-39)44-32-40(52-4)26-28-48(44)55(47)49-41(34-17-9-5-10-18-34)29-38(30-42(49)35-19-11-6-12-20-35)50-53-45(36-21-13-7-14-22-36)33-46(54-50)37-23-15-8-16-24-37/h5-33H,1-3H3. The average Bonchev–Trinajstić information content (AvgIpc) is 3.56. The fourth-order valence-electron chi connectivity index (χ4n) is 7.56. The molecule has 0 bridgehead atoms. The summed E-state index contributed by atoms with van der Waals surface area (Å²) >= 11 is 0. The van der Waals surface area contributed by atoms with Crippen LogP contribution in [0.25, 0.3) is 88.5 Å². The van der Waals surface area contributed by atoms with Crippen molar-refractivity contribution in [3.8, 4) is 61.8 Å². The number of aromatic nitrogens is 3. The Morgan fingerprint density at radius 3 is 1.40 bits per heavy atom. The van der Waals surface area contributed by atoms with Crippen molar-refractivity contribution in [3.63, 3.8) is 0 Å². The van der Waals surface area contributed by atoms with Gasteiger partial charge in [-0.2, -0.15) is 0 Å². The second-order valence-electron chi connectivity index (χ2n) is 15.0. The molecular weight excluding hydrogens is 669 g/mol. The second kappa shape index (κ2) is 13.7. The molecule has 0 radical (unpaired) electrons. The van der Waals surface area contributed by atoms with Gasteiger partial charge in [0.1, 0.15) is 0 Å². The summed E-state index contributed by atoms with van der Waals surface area (Å²) in [5.41, 5.74) is 14.0. The highest BCUT2D eigenvalue weighted by atomic mass is 15.0. The topological polar surface area (TPSA) is 35.1 Å². The third kappa shape index (κ3) is 6.26. The predicted molar refractivity (Wildman–Crippen MR) is 229 cm³/mol. The van der Waals surface area contributed by atoms with E-state index >= 15 is 0 Å². The summed E-state index contributed by atoms with van der Waals surface area (Å²) in [5, 5.41) is 2.18. The zero-order valence-electron chi connectivity index (χ0n) is 31.0. The fraction of sp³-hybridized carbons (Fsp3) is 0.0784. The van der Waals surface area contributed by atoms with Crippen LogP contribution in [0.4, 0.5) is 5.69 Å². The molecule has 0 atom stereocenters. The van der Waals surface area contributed by atoms with Gasteiger partial charge in [-0.3, -0.25) is 0 Å². The van der Waals surface area contributed by atoms with Gasteiger partial charge in [-0.05, 0) is 70.0 Å². The molecule has 0 aliphatic rings. The molecule has 0 spiro atoms. The molecular formula is C51H38N4. The van der Waals surface area contributed by atoms with E-state index in [0.717, 1.165) is 77.8 Å². The molecule has 0 N–H and O–H groups in total. The van der Waals surface area contributed by atoms with E-state index in [0.29, 0.717) is 11.5 Å². The molecule has 9 aromatic rings. The summed E-state index contributed by atoms with van der Waals surface area (Å²) in [6.45, 7) is 14.6. The molecule has 262 valence electrons. The molecule has 0 unspecified atom stereocenters. The van der Waals surface area contributed by atoms with Gasteiger partial charge in [0.15, 0.2) is 11.5 Å². The minimum Gasteiger partial charge on any atom is -0.308 e. The van der Waals surface area contributed by atoms with Crippen LogP contribution in [0, 0.1) is 6.57 Å². The lowest BCUT2D eigenvalue weighted by molar-refractivity contribution is 0.591. The van der Waals surface area contributed by atoms with Gasteiger partial charge in [-0.25, -0.2) is 14.8 Å². The normalized spacial score (nSPS) is 11.5. The highest BCUT2D eigenvalue weighted by molar-refractivity contribution is 6.12. The van der Waals surface area contributed by atoms with Gasteiger partial charge in [0.25, 0.3) is 0 Å². The van der Waals surface area contributed by atoms with Gasteiger partial charge in [0.05, 0.1) is 34.7 Å². The lowest BCUT2D eigenvalue weighted by atomic mass is 9.86. The second-order valence-corrected chi connectivity index (χ2v) is 15.0. The highest BCUT2D eigenvalue weighted by Gasteiger charge is 2.24. The smallest absolute Gasteiger partial charge is 0.188 e. The van der Waals surface area contributed by atoms with E-state index < -0.39 is 0 Å². The van der Waals surface area contributed by atoms with E-state index in [1.807, 2.05) is 48.5 Å². The summed E-state index contributed by atoms with van der Waals surface area (Å²) < 4.78 is 2.40. The lowest BCUT2D eigenvalue weighted by Gasteiger charge is -2.22. The van der Waals surface area contributed by atoms with E-state index in [2.05, 4.69) is 158 Å². The van der Waals surface area contributed by atoms with E-state index in [1.54, 1.807) is 0 Å². The Morgan fingerprint density at radius 1 is 0.473 bits per heavy atom. The Labute approximate surface area is 321 Å². The maximum atomic E-state index is 7.88. The molecule has 9 rings (SSSR count). The van der Waals surface area contributed by atoms with Crippen LogP contribution in [0.5, 0.6) is 0 Å². The quantitative estimate of drug-likeness (QED) is 0.161. The summed E-state index contributed by atoms with van der Waals surface area (Å²) in [5.74, 6) is 0.653. The van der Waals surface area contributed by atoms with Crippen LogP contribution >= 0.6 is 0 Å². The van der Waals surface area contributed by atoms with Crippen LogP contribution in [-0.4, -0.2) is 14.5 Å². The first-order valence-electron chi connectivity index (χ1n) is 18.6. The number of hydrogen-bond donors (Lipinski definition) is 0. The molecule has 0 aliphatic carbocycles. The average molecular weight is 707 g/mol.